The lowest BCUT2D eigenvalue weighted by Gasteiger charge is -2.29. The SMILES string of the molecule is CCCNC(=O)CC(=O)NCC(=O)CCC(=O)N(CC(=O)O)CC(=O)CCC(=O)NCC(=O)CCC(C)(CCC(=O)CNC(=O)CCC(=O)CN(CC(=O)O)C(=O)CCC(=O)CNC(=O)CC(=O)NCCC)CCC(=O)CNC(=O)CCC(=O)CN(CC(=O)O)C(=O)CCC(=O)CNC(=O)CC(=O)NCCC. The Morgan fingerprint density at radius 3 is 0.654 bits per heavy atom. The first-order chi connectivity index (χ1) is 50.4. The van der Waals surface area contributed by atoms with Crippen molar-refractivity contribution in [1.29, 1.82) is 0 Å². The van der Waals surface area contributed by atoms with Crippen molar-refractivity contribution in [3.63, 3.8) is 0 Å². The number of rotatable bonds is 63. The first-order valence-electron chi connectivity index (χ1n) is 34.9. The van der Waals surface area contributed by atoms with Gasteiger partial charge in [-0.2, -0.15) is 0 Å². The van der Waals surface area contributed by atoms with E-state index >= 15 is 0 Å². The third-order valence-electron chi connectivity index (χ3n) is 15.5. The van der Waals surface area contributed by atoms with Crippen molar-refractivity contribution in [1.82, 2.24) is 62.6 Å². The maximum atomic E-state index is 13.2. The summed E-state index contributed by atoms with van der Waals surface area (Å²) in [5, 5.41) is 49.4. The Kier molecular flexibility index (Phi) is 49.1. The third-order valence-corrected chi connectivity index (χ3v) is 15.5. The van der Waals surface area contributed by atoms with E-state index in [-0.39, 0.29) is 38.5 Å². The first-order valence-corrected chi connectivity index (χ1v) is 34.9. The van der Waals surface area contributed by atoms with Gasteiger partial charge in [0.1, 0.15) is 38.9 Å². The molecule has 0 aromatic rings. The highest BCUT2D eigenvalue weighted by Gasteiger charge is 2.30. The molecule has 0 aliphatic carbocycles. The molecule has 0 unspecified atom stereocenters. The summed E-state index contributed by atoms with van der Waals surface area (Å²) in [5.74, 6) is -19.5. The minimum atomic E-state index is -1.50. The number of hydrogen-bond acceptors (Lipinski definition) is 24. The van der Waals surface area contributed by atoms with Gasteiger partial charge in [-0.15, -0.1) is 0 Å². The number of Topliss-reactive ketones (excluding diaryl/α,β-unsaturated/α-hetero) is 9. The van der Waals surface area contributed by atoms with Crippen LogP contribution in [0.15, 0.2) is 0 Å². The Morgan fingerprint density at radius 1 is 0.243 bits per heavy atom. The Hall–Kier alpha value is -10.9. The Labute approximate surface area is 617 Å². The molecule has 0 aromatic heterocycles. The molecule has 0 aliphatic heterocycles. The number of nitrogens with one attached hydrogen (secondary N) is 9. The molecule has 0 saturated carbocycles. The molecule has 0 atom stereocenters. The van der Waals surface area contributed by atoms with E-state index < -0.39 is 321 Å². The van der Waals surface area contributed by atoms with Crippen molar-refractivity contribution in [2.45, 2.75) is 182 Å². The second-order valence-corrected chi connectivity index (χ2v) is 25.3. The molecule has 0 fully saturated rings. The highest BCUT2D eigenvalue weighted by molar-refractivity contribution is 6.02. The maximum Gasteiger partial charge on any atom is 0.323 e. The van der Waals surface area contributed by atoms with E-state index in [1.165, 1.54) is 0 Å². The lowest BCUT2D eigenvalue weighted by molar-refractivity contribution is -0.146. The van der Waals surface area contributed by atoms with E-state index in [0.717, 1.165) is 0 Å². The van der Waals surface area contributed by atoms with Gasteiger partial charge < -0.3 is 77.9 Å². The van der Waals surface area contributed by atoms with Crippen LogP contribution in [0.4, 0.5) is 0 Å². The fourth-order valence-corrected chi connectivity index (χ4v) is 9.32. The monoisotopic (exact) mass is 1520 g/mol. The van der Waals surface area contributed by atoms with E-state index in [0.29, 0.717) is 53.6 Å². The van der Waals surface area contributed by atoms with Gasteiger partial charge in [0.05, 0.1) is 58.9 Å². The molecule has 596 valence electrons. The van der Waals surface area contributed by atoms with E-state index in [1.807, 2.05) is 0 Å². The molecule has 107 heavy (non-hydrogen) atoms. The minimum Gasteiger partial charge on any atom is -0.480 e. The van der Waals surface area contributed by atoms with E-state index in [9.17, 15) is 130 Å². The van der Waals surface area contributed by atoms with Crippen LogP contribution in [0.1, 0.15) is 182 Å². The van der Waals surface area contributed by atoms with Gasteiger partial charge in [-0.25, -0.2) is 0 Å². The Balaban J connectivity index is 5.86. The number of hydrogen-bond donors (Lipinski definition) is 12. The normalized spacial score (nSPS) is 10.7. The van der Waals surface area contributed by atoms with Crippen LogP contribution in [-0.2, 0) is 115 Å². The quantitative estimate of drug-likeness (QED) is 0.0261. The van der Waals surface area contributed by atoms with Crippen LogP contribution in [0.25, 0.3) is 0 Å². The standard InChI is InChI=1S/C68H102N12O27/c1-5-26-69-56(93)29-59(96)75-32-44(81)11-17-62(99)78(41-65(102)103)38-50(87)8-14-53(90)72-35-47(84)20-23-68(4,24-21-48(85)36-73-54(91)15-9-51(88)39-79(42-66(104)105)63(100)18-12-45(82)33-76-60(97)30-57(94)70-27-6-2)25-22-49(86)37-74-55(92)16-10-52(89)40-80(43-67(106)107)64(101)19-13-46(83)34-77-61(98)31-58(95)71-28-7-3/h5-43H2,1-4H3,(H,69,93)(H,70,94)(H,71,95)(H,72,90)(H,73,91)(H,74,92)(H,75,96)(H,76,97)(H,77,98)(H,102,103)(H,104,105)(H,106,107). The smallest absolute Gasteiger partial charge is 0.323 e. The van der Waals surface area contributed by atoms with Crippen molar-refractivity contribution in [3.8, 4) is 0 Å². The van der Waals surface area contributed by atoms with Crippen molar-refractivity contribution in [2.24, 2.45) is 5.41 Å². The highest BCUT2D eigenvalue weighted by atomic mass is 16.4. The summed E-state index contributed by atoms with van der Waals surface area (Å²) in [6.45, 7) is -0.396. The summed E-state index contributed by atoms with van der Waals surface area (Å²) in [7, 11) is 0. The van der Waals surface area contributed by atoms with Gasteiger partial charge in [0.2, 0.25) is 70.9 Å². The number of carbonyl (C=O) groups excluding carboxylic acids is 21. The molecule has 0 aliphatic rings. The lowest BCUT2D eigenvalue weighted by Crippen LogP contribution is -2.40. The number of ketones is 9. The molecule has 0 saturated heterocycles. The zero-order chi connectivity index (χ0) is 81.0. The fraction of sp³-hybridized carbons (Fsp3) is 0.647. The predicted octanol–water partition coefficient (Wildman–Crippen LogP) is -3.68. The van der Waals surface area contributed by atoms with Crippen molar-refractivity contribution in [3.05, 3.63) is 0 Å². The van der Waals surface area contributed by atoms with E-state index in [2.05, 4.69) is 47.9 Å². The topological polar surface area (TPSA) is 588 Å². The van der Waals surface area contributed by atoms with Crippen LogP contribution in [0, 0.1) is 5.41 Å². The predicted molar refractivity (Wildman–Crippen MR) is 371 cm³/mol. The van der Waals surface area contributed by atoms with Crippen molar-refractivity contribution >= 4 is 141 Å². The van der Waals surface area contributed by atoms with Crippen LogP contribution < -0.4 is 47.9 Å². The average molecular weight is 1520 g/mol. The number of aliphatic carboxylic acids is 3. The van der Waals surface area contributed by atoms with E-state index in [4.69, 9.17) is 0 Å². The molecule has 39 heteroatoms. The van der Waals surface area contributed by atoms with Gasteiger partial charge in [-0.1, -0.05) is 27.7 Å². The molecule has 0 radical (unpaired) electrons. The Bertz CT molecular complexity index is 2900. The van der Waals surface area contributed by atoms with Gasteiger partial charge in [-0.3, -0.25) is 115 Å². The fourth-order valence-electron chi connectivity index (χ4n) is 9.32. The number of carboxylic acids is 3. The first kappa shape index (κ1) is 96.1. The molecule has 0 aromatic carbocycles. The molecule has 0 bridgehead atoms. The van der Waals surface area contributed by atoms with Crippen molar-refractivity contribution < 1.29 is 130 Å². The summed E-state index contributed by atoms with van der Waals surface area (Å²) in [6, 6.07) is 0. The van der Waals surface area contributed by atoms with Gasteiger partial charge in [0, 0.05) is 116 Å². The summed E-state index contributed by atoms with van der Waals surface area (Å²) < 4.78 is 0. The van der Waals surface area contributed by atoms with E-state index in [1.54, 1.807) is 27.7 Å². The van der Waals surface area contributed by atoms with Crippen LogP contribution in [0.2, 0.25) is 0 Å². The Morgan fingerprint density at radius 2 is 0.439 bits per heavy atom. The molecular weight excluding hydrogens is 1420 g/mol. The molecular formula is C68H102N12O27. The highest BCUT2D eigenvalue weighted by Crippen LogP contribution is 2.35. The lowest BCUT2D eigenvalue weighted by atomic mass is 9.76. The van der Waals surface area contributed by atoms with Crippen LogP contribution in [0.3, 0.4) is 0 Å². The van der Waals surface area contributed by atoms with Crippen molar-refractivity contribution in [2.75, 3.05) is 98.2 Å². The average Bonchev–Trinajstić information content (AvgIpc) is 0.943. The second-order valence-electron chi connectivity index (χ2n) is 25.3. The minimum absolute atomic E-state index is 0.0257. The number of amides is 12. The molecule has 0 rings (SSSR count). The summed E-state index contributed by atoms with van der Waals surface area (Å²) in [5.41, 5.74) is -1.04. The summed E-state index contributed by atoms with van der Waals surface area (Å²) in [4.78, 5) is 300. The second kappa shape index (κ2) is 54.7. The molecule has 0 spiro atoms. The van der Waals surface area contributed by atoms with Crippen LogP contribution in [-0.4, -0.2) is 269 Å². The summed E-state index contributed by atoms with van der Waals surface area (Å²) in [6.07, 6.45) is -6.76. The summed E-state index contributed by atoms with van der Waals surface area (Å²) >= 11 is 0. The molecule has 12 amide bonds. The van der Waals surface area contributed by atoms with Crippen LogP contribution >= 0.6 is 0 Å². The number of nitrogens with zero attached hydrogens (tertiary/aromatic N) is 3. The zero-order valence-electron chi connectivity index (χ0n) is 61.1. The maximum absolute atomic E-state index is 13.2. The zero-order valence-corrected chi connectivity index (χ0v) is 61.1. The van der Waals surface area contributed by atoms with Gasteiger partial charge in [-0.05, 0) is 43.9 Å². The van der Waals surface area contributed by atoms with Crippen LogP contribution in [0.5, 0.6) is 0 Å². The third kappa shape index (κ3) is 51.0. The molecule has 12 N–H and O–H groups in total. The molecule has 39 nitrogen and oxygen atoms in total. The number of carbonyl (C=O) groups is 24. The molecule has 0 heterocycles. The largest absolute Gasteiger partial charge is 0.480 e. The number of carboxylic acid groups (broad SMARTS) is 3. The van der Waals surface area contributed by atoms with Gasteiger partial charge in [0.25, 0.3) is 0 Å². The van der Waals surface area contributed by atoms with Gasteiger partial charge in [0.15, 0.2) is 52.0 Å². The van der Waals surface area contributed by atoms with Gasteiger partial charge >= 0.3 is 17.9 Å².